The molecule has 15 heavy (non-hydrogen) atoms. The van der Waals surface area contributed by atoms with Gasteiger partial charge >= 0.3 is 6.18 Å². The summed E-state index contributed by atoms with van der Waals surface area (Å²) in [7, 11) is 0. The first kappa shape index (κ1) is 11.8. The van der Waals surface area contributed by atoms with E-state index >= 15 is 0 Å². The molecular weight excluding hydrogens is 235 g/mol. The van der Waals surface area contributed by atoms with Crippen LogP contribution in [0.1, 0.15) is 6.42 Å². The van der Waals surface area contributed by atoms with Gasteiger partial charge in [-0.15, -0.1) is 0 Å². The van der Waals surface area contributed by atoms with Crippen molar-refractivity contribution in [3.8, 4) is 5.88 Å². The standard InChI is InChI=1S/C7H7ClF3N3O/c8-4-5(12)13-3-14-6(4)15-2-1-7(9,10)11/h3H,1-2H2,(H2,12,13,14). The highest BCUT2D eigenvalue weighted by Gasteiger charge is 2.27. The number of aromatic nitrogens is 2. The smallest absolute Gasteiger partial charge is 0.392 e. The van der Waals surface area contributed by atoms with Crippen LogP contribution in [0, 0.1) is 0 Å². The maximum Gasteiger partial charge on any atom is 0.392 e. The number of ether oxygens (including phenoxy) is 1. The molecule has 1 heterocycles. The fraction of sp³-hybridized carbons (Fsp3) is 0.429. The first-order valence-corrected chi connectivity index (χ1v) is 4.23. The molecule has 0 radical (unpaired) electrons. The number of hydrogen-bond acceptors (Lipinski definition) is 4. The molecule has 0 saturated carbocycles. The monoisotopic (exact) mass is 241 g/mol. The predicted molar refractivity (Wildman–Crippen MR) is 47.6 cm³/mol. The van der Waals surface area contributed by atoms with Gasteiger partial charge in [-0.1, -0.05) is 11.6 Å². The number of nitrogens with zero attached hydrogens (tertiary/aromatic N) is 2. The lowest BCUT2D eigenvalue weighted by atomic mass is 10.4. The minimum absolute atomic E-state index is 0.0336. The molecular formula is C7H7ClF3N3O. The molecule has 0 unspecified atom stereocenters. The molecule has 0 aliphatic heterocycles. The Balaban J connectivity index is 2.55. The molecule has 2 N–H and O–H groups in total. The van der Waals surface area contributed by atoms with E-state index in [0.29, 0.717) is 0 Å². The summed E-state index contributed by atoms with van der Waals surface area (Å²) in [5.41, 5.74) is 5.29. The summed E-state index contributed by atoms with van der Waals surface area (Å²) < 4.78 is 40.0. The lowest BCUT2D eigenvalue weighted by Crippen LogP contribution is -2.13. The Hall–Kier alpha value is -1.24. The second kappa shape index (κ2) is 4.52. The number of halogens is 4. The van der Waals surface area contributed by atoms with Crippen molar-refractivity contribution in [3.63, 3.8) is 0 Å². The average molecular weight is 242 g/mol. The van der Waals surface area contributed by atoms with Crippen molar-refractivity contribution in [1.29, 1.82) is 0 Å². The third-order valence-electron chi connectivity index (χ3n) is 1.41. The van der Waals surface area contributed by atoms with E-state index in [4.69, 9.17) is 22.1 Å². The zero-order chi connectivity index (χ0) is 11.5. The van der Waals surface area contributed by atoms with Crippen LogP contribution < -0.4 is 10.5 Å². The van der Waals surface area contributed by atoms with Gasteiger partial charge in [-0.3, -0.25) is 0 Å². The Labute approximate surface area is 88.2 Å². The molecule has 1 aromatic heterocycles. The minimum atomic E-state index is -4.27. The number of anilines is 1. The number of nitrogen functional groups attached to an aromatic ring is 1. The molecule has 0 saturated heterocycles. The molecule has 4 nitrogen and oxygen atoms in total. The van der Waals surface area contributed by atoms with Crippen molar-refractivity contribution in [2.45, 2.75) is 12.6 Å². The molecule has 0 aromatic carbocycles. The van der Waals surface area contributed by atoms with Crippen molar-refractivity contribution in [3.05, 3.63) is 11.3 Å². The van der Waals surface area contributed by atoms with Gasteiger partial charge in [0.05, 0.1) is 13.0 Å². The normalized spacial score (nSPS) is 11.5. The molecule has 1 rings (SSSR count). The predicted octanol–water partition coefficient (Wildman–Crippen LogP) is 2.04. The van der Waals surface area contributed by atoms with Crippen molar-refractivity contribution in [2.75, 3.05) is 12.3 Å². The second-order valence-electron chi connectivity index (χ2n) is 2.59. The summed E-state index contributed by atoms with van der Waals surface area (Å²) in [6.07, 6.45) is -4.29. The van der Waals surface area contributed by atoms with Crippen LogP contribution in [0.5, 0.6) is 5.88 Å². The van der Waals surface area contributed by atoms with E-state index in [9.17, 15) is 13.2 Å². The van der Waals surface area contributed by atoms with Gasteiger partial charge in [-0.2, -0.15) is 13.2 Å². The molecule has 0 spiro atoms. The van der Waals surface area contributed by atoms with Crippen molar-refractivity contribution < 1.29 is 17.9 Å². The van der Waals surface area contributed by atoms with Crippen LogP contribution in [0.15, 0.2) is 6.33 Å². The lowest BCUT2D eigenvalue weighted by Gasteiger charge is -2.08. The molecule has 0 bridgehead atoms. The van der Waals surface area contributed by atoms with E-state index in [2.05, 4.69) is 9.97 Å². The number of alkyl halides is 3. The fourth-order valence-corrected chi connectivity index (χ4v) is 0.883. The molecule has 0 aliphatic carbocycles. The third kappa shape index (κ3) is 3.78. The zero-order valence-corrected chi connectivity index (χ0v) is 8.14. The highest BCUT2D eigenvalue weighted by molar-refractivity contribution is 6.33. The summed E-state index contributed by atoms with van der Waals surface area (Å²) in [5.74, 6) is -0.179. The first-order valence-electron chi connectivity index (χ1n) is 3.85. The van der Waals surface area contributed by atoms with Crippen LogP contribution in [0.3, 0.4) is 0 Å². The zero-order valence-electron chi connectivity index (χ0n) is 7.38. The Morgan fingerprint density at radius 3 is 2.67 bits per heavy atom. The average Bonchev–Trinajstić information content (AvgIpc) is 2.10. The van der Waals surface area contributed by atoms with Gasteiger partial charge in [-0.25, -0.2) is 9.97 Å². The highest BCUT2D eigenvalue weighted by atomic mass is 35.5. The van der Waals surface area contributed by atoms with E-state index in [1.807, 2.05) is 0 Å². The quantitative estimate of drug-likeness (QED) is 0.880. The van der Waals surface area contributed by atoms with Gasteiger partial charge < -0.3 is 10.5 Å². The van der Waals surface area contributed by atoms with E-state index in [1.165, 1.54) is 0 Å². The molecule has 0 fully saturated rings. The van der Waals surface area contributed by atoms with Crippen molar-refractivity contribution >= 4 is 17.4 Å². The second-order valence-corrected chi connectivity index (χ2v) is 2.97. The van der Waals surface area contributed by atoms with Crippen LogP contribution in [0.2, 0.25) is 5.02 Å². The summed E-state index contributed by atoms with van der Waals surface area (Å²) >= 11 is 5.59. The molecule has 0 amide bonds. The van der Waals surface area contributed by atoms with Gasteiger partial charge in [0.15, 0.2) is 0 Å². The largest absolute Gasteiger partial charge is 0.476 e. The molecule has 84 valence electrons. The van der Waals surface area contributed by atoms with Crippen LogP contribution >= 0.6 is 11.6 Å². The van der Waals surface area contributed by atoms with Gasteiger partial charge in [0.2, 0.25) is 5.88 Å². The Bertz CT molecular complexity index is 345. The van der Waals surface area contributed by atoms with Gasteiger partial charge in [0, 0.05) is 0 Å². The van der Waals surface area contributed by atoms with E-state index < -0.39 is 19.2 Å². The van der Waals surface area contributed by atoms with Gasteiger partial charge in [0.25, 0.3) is 0 Å². The van der Waals surface area contributed by atoms with Crippen molar-refractivity contribution in [2.24, 2.45) is 0 Å². The number of rotatable bonds is 3. The maximum absolute atomic E-state index is 11.8. The fourth-order valence-electron chi connectivity index (χ4n) is 0.730. The van der Waals surface area contributed by atoms with Crippen LogP contribution in [-0.4, -0.2) is 22.8 Å². The third-order valence-corrected chi connectivity index (χ3v) is 1.76. The van der Waals surface area contributed by atoms with Gasteiger partial charge in [0.1, 0.15) is 17.2 Å². The summed E-state index contributed by atoms with van der Waals surface area (Å²) in [6.45, 7) is -0.556. The van der Waals surface area contributed by atoms with Crippen molar-refractivity contribution in [1.82, 2.24) is 9.97 Å². The maximum atomic E-state index is 11.8. The summed E-state index contributed by atoms with van der Waals surface area (Å²) in [6, 6.07) is 0. The lowest BCUT2D eigenvalue weighted by molar-refractivity contribution is -0.139. The van der Waals surface area contributed by atoms with E-state index in [-0.39, 0.29) is 16.7 Å². The van der Waals surface area contributed by atoms with Gasteiger partial charge in [-0.05, 0) is 0 Å². The molecule has 0 atom stereocenters. The van der Waals surface area contributed by atoms with Crippen LogP contribution in [0.25, 0.3) is 0 Å². The Kier molecular flexibility index (Phi) is 3.57. The molecule has 8 heteroatoms. The highest BCUT2D eigenvalue weighted by Crippen LogP contribution is 2.26. The Morgan fingerprint density at radius 1 is 1.40 bits per heavy atom. The topological polar surface area (TPSA) is 61.0 Å². The van der Waals surface area contributed by atoms with E-state index in [1.54, 1.807) is 0 Å². The molecule has 1 aromatic rings. The summed E-state index contributed by atoms with van der Waals surface area (Å²) in [5, 5.41) is -0.0836. The van der Waals surface area contributed by atoms with Crippen LogP contribution in [-0.2, 0) is 0 Å². The minimum Gasteiger partial charge on any atom is -0.476 e. The number of hydrogen-bond donors (Lipinski definition) is 1. The first-order chi connectivity index (χ1) is 6.90. The van der Waals surface area contributed by atoms with E-state index in [0.717, 1.165) is 6.33 Å². The SMILES string of the molecule is Nc1ncnc(OCCC(F)(F)F)c1Cl. The van der Waals surface area contributed by atoms with Crippen LogP contribution in [0.4, 0.5) is 19.0 Å². The Morgan fingerprint density at radius 2 is 2.07 bits per heavy atom. The number of nitrogens with two attached hydrogens (primary N) is 1. The summed E-state index contributed by atoms with van der Waals surface area (Å²) in [4.78, 5) is 7.07. The molecule has 0 aliphatic rings.